The maximum atomic E-state index is 10.0. The average Bonchev–Trinajstić information content (AvgIpc) is 2.90. The number of rotatable bonds is 10. The number of ether oxygens (including phenoxy) is 2. The normalized spacial score (nSPS) is 17.8. The van der Waals surface area contributed by atoms with E-state index in [1.807, 2.05) is 0 Å². The lowest BCUT2D eigenvalue weighted by Crippen LogP contribution is -2.20. The topological polar surface area (TPSA) is 38.7 Å². The van der Waals surface area contributed by atoms with Crippen LogP contribution in [0.25, 0.3) is 0 Å². The average molecular weight is 256 g/mol. The van der Waals surface area contributed by atoms with E-state index in [0.29, 0.717) is 5.76 Å². The van der Waals surface area contributed by atoms with Gasteiger partial charge in [-0.3, -0.25) is 0 Å². The SMILES string of the molecule is CCCCCCCCCC(C)C(O)C1=COCO1. The minimum Gasteiger partial charge on any atom is -0.462 e. The van der Waals surface area contributed by atoms with E-state index in [1.54, 1.807) is 0 Å². The molecule has 3 nitrogen and oxygen atoms in total. The van der Waals surface area contributed by atoms with Gasteiger partial charge in [-0.15, -0.1) is 0 Å². The fourth-order valence-corrected chi connectivity index (χ4v) is 2.27. The predicted molar refractivity (Wildman–Crippen MR) is 72.9 cm³/mol. The molecule has 2 atom stereocenters. The van der Waals surface area contributed by atoms with E-state index in [1.165, 1.54) is 51.2 Å². The Morgan fingerprint density at radius 1 is 1.17 bits per heavy atom. The predicted octanol–water partition coefficient (Wildman–Crippen LogP) is 3.97. The molecular formula is C15H28O3. The van der Waals surface area contributed by atoms with Crippen molar-refractivity contribution >= 4 is 0 Å². The van der Waals surface area contributed by atoms with Crippen LogP contribution in [0.5, 0.6) is 0 Å². The van der Waals surface area contributed by atoms with E-state index in [2.05, 4.69) is 13.8 Å². The van der Waals surface area contributed by atoms with E-state index in [-0.39, 0.29) is 12.7 Å². The first-order chi connectivity index (χ1) is 8.75. The molecule has 0 fully saturated rings. The van der Waals surface area contributed by atoms with Crippen molar-refractivity contribution in [3.05, 3.63) is 12.0 Å². The quantitative estimate of drug-likeness (QED) is 0.601. The number of aliphatic hydroxyl groups is 1. The first-order valence-corrected chi connectivity index (χ1v) is 7.38. The Labute approximate surface area is 111 Å². The third-order valence-electron chi connectivity index (χ3n) is 3.59. The van der Waals surface area contributed by atoms with Gasteiger partial charge >= 0.3 is 0 Å². The molecule has 1 rings (SSSR count). The second kappa shape index (κ2) is 9.26. The monoisotopic (exact) mass is 256 g/mol. The van der Waals surface area contributed by atoms with Crippen LogP contribution >= 0.6 is 0 Å². The molecule has 1 heterocycles. The fourth-order valence-electron chi connectivity index (χ4n) is 2.27. The van der Waals surface area contributed by atoms with Crippen LogP contribution < -0.4 is 0 Å². The van der Waals surface area contributed by atoms with Crippen LogP contribution in [0, 0.1) is 5.92 Å². The van der Waals surface area contributed by atoms with Crippen molar-refractivity contribution in [2.75, 3.05) is 6.79 Å². The van der Waals surface area contributed by atoms with Crippen LogP contribution in [0.3, 0.4) is 0 Å². The van der Waals surface area contributed by atoms with Crippen LogP contribution in [-0.4, -0.2) is 18.0 Å². The Morgan fingerprint density at radius 2 is 1.83 bits per heavy atom. The van der Waals surface area contributed by atoms with Gasteiger partial charge in [0.15, 0.2) is 5.76 Å². The molecule has 0 aromatic rings. The lowest BCUT2D eigenvalue weighted by molar-refractivity contribution is 0.0336. The van der Waals surface area contributed by atoms with Crippen LogP contribution in [0.15, 0.2) is 12.0 Å². The summed E-state index contributed by atoms with van der Waals surface area (Å²) < 4.78 is 10.2. The number of aliphatic hydroxyl groups excluding tert-OH is 1. The second-order valence-electron chi connectivity index (χ2n) is 5.28. The van der Waals surface area contributed by atoms with Crippen molar-refractivity contribution in [1.29, 1.82) is 0 Å². The maximum Gasteiger partial charge on any atom is 0.230 e. The summed E-state index contributed by atoms with van der Waals surface area (Å²) in [5.41, 5.74) is 0. The van der Waals surface area contributed by atoms with Gasteiger partial charge in [-0.2, -0.15) is 0 Å². The van der Waals surface area contributed by atoms with Crippen LogP contribution in [0.4, 0.5) is 0 Å². The Bertz CT molecular complexity index is 238. The summed E-state index contributed by atoms with van der Waals surface area (Å²) in [6, 6.07) is 0. The fraction of sp³-hybridized carbons (Fsp3) is 0.867. The minimum absolute atomic E-state index is 0.244. The Kier molecular flexibility index (Phi) is 7.90. The van der Waals surface area contributed by atoms with Gasteiger partial charge in [0.1, 0.15) is 12.4 Å². The van der Waals surface area contributed by atoms with Gasteiger partial charge in [-0.1, -0.05) is 58.8 Å². The van der Waals surface area contributed by atoms with Crippen molar-refractivity contribution in [1.82, 2.24) is 0 Å². The van der Waals surface area contributed by atoms with Crippen molar-refractivity contribution < 1.29 is 14.6 Å². The highest BCUT2D eigenvalue weighted by molar-refractivity contribution is 4.99. The summed E-state index contributed by atoms with van der Waals surface area (Å²) in [5.74, 6) is 0.832. The van der Waals surface area contributed by atoms with Gasteiger partial charge in [-0.25, -0.2) is 0 Å². The van der Waals surface area contributed by atoms with Crippen LogP contribution in [-0.2, 0) is 9.47 Å². The molecule has 0 aromatic heterocycles. The third-order valence-corrected chi connectivity index (χ3v) is 3.59. The minimum atomic E-state index is -0.507. The molecule has 0 aliphatic carbocycles. The first-order valence-electron chi connectivity index (χ1n) is 7.38. The summed E-state index contributed by atoms with van der Waals surface area (Å²) >= 11 is 0. The van der Waals surface area contributed by atoms with Gasteiger partial charge in [0.25, 0.3) is 0 Å². The summed E-state index contributed by atoms with van der Waals surface area (Å²) in [6.07, 6.45) is 11.3. The van der Waals surface area contributed by atoms with E-state index < -0.39 is 6.10 Å². The zero-order chi connectivity index (χ0) is 13.2. The van der Waals surface area contributed by atoms with Crippen LogP contribution in [0.1, 0.15) is 65.2 Å². The molecule has 0 amide bonds. The van der Waals surface area contributed by atoms with E-state index in [4.69, 9.17) is 9.47 Å². The zero-order valence-electron chi connectivity index (χ0n) is 11.9. The smallest absolute Gasteiger partial charge is 0.230 e. The molecule has 1 aliphatic rings. The standard InChI is InChI=1S/C15H28O3/c1-3-4-5-6-7-8-9-10-13(2)15(16)14-11-17-12-18-14/h11,13,15-16H,3-10,12H2,1-2H3. The molecule has 0 bridgehead atoms. The summed E-state index contributed by atoms with van der Waals surface area (Å²) in [7, 11) is 0. The molecule has 0 spiro atoms. The molecule has 3 heteroatoms. The van der Waals surface area contributed by atoms with Crippen molar-refractivity contribution in [3.8, 4) is 0 Å². The van der Waals surface area contributed by atoms with Gasteiger partial charge in [0.2, 0.25) is 6.79 Å². The summed E-state index contributed by atoms with van der Waals surface area (Å²) in [6.45, 7) is 4.56. The first kappa shape index (κ1) is 15.4. The number of hydrogen-bond acceptors (Lipinski definition) is 3. The Hall–Kier alpha value is -0.700. The highest BCUT2D eigenvalue weighted by Crippen LogP contribution is 2.22. The number of unbranched alkanes of at least 4 members (excludes halogenated alkanes) is 6. The molecule has 18 heavy (non-hydrogen) atoms. The maximum absolute atomic E-state index is 10.0. The van der Waals surface area contributed by atoms with E-state index in [0.717, 1.165) is 6.42 Å². The molecule has 1 aliphatic heterocycles. The summed E-state index contributed by atoms with van der Waals surface area (Å²) in [5, 5.41) is 10.0. The Morgan fingerprint density at radius 3 is 2.44 bits per heavy atom. The van der Waals surface area contributed by atoms with Gasteiger partial charge in [-0.05, 0) is 12.3 Å². The lowest BCUT2D eigenvalue weighted by atomic mass is 9.96. The number of hydrogen-bond donors (Lipinski definition) is 1. The molecule has 0 saturated carbocycles. The molecule has 0 saturated heterocycles. The molecule has 106 valence electrons. The Balaban J connectivity index is 2.00. The molecule has 0 radical (unpaired) electrons. The molecule has 2 unspecified atom stereocenters. The van der Waals surface area contributed by atoms with Crippen molar-refractivity contribution in [3.63, 3.8) is 0 Å². The lowest BCUT2D eigenvalue weighted by Gasteiger charge is -2.18. The van der Waals surface area contributed by atoms with Crippen molar-refractivity contribution in [2.24, 2.45) is 5.92 Å². The highest BCUT2D eigenvalue weighted by Gasteiger charge is 2.22. The largest absolute Gasteiger partial charge is 0.462 e. The van der Waals surface area contributed by atoms with Gasteiger partial charge < -0.3 is 14.6 Å². The third kappa shape index (κ3) is 5.76. The van der Waals surface area contributed by atoms with Crippen LogP contribution in [0.2, 0.25) is 0 Å². The molecule has 1 N–H and O–H groups in total. The van der Waals surface area contributed by atoms with Gasteiger partial charge in [0, 0.05) is 0 Å². The van der Waals surface area contributed by atoms with Crippen molar-refractivity contribution in [2.45, 2.75) is 71.3 Å². The summed E-state index contributed by atoms with van der Waals surface area (Å²) in [4.78, 5) is 0. The van der Waals surface area contributed by atoms with E-state index in [9.17, 15) is 5.11 Å². The molecular weight excluding hydrogens is 228 g/mol. The second-order valence-corrected chi connectivity index (χ2v) is 5.28. The van der Waals surface area contributed by atoms with Gasteiger partial charge in [0.05, 0.1) is 0 Å². The highest BCUT2D eigenvalue weighted by atomic mass is 16.7. The molecule has 0 aromatic carbocycles. The van der Waals surface area contributed by atoms with E-state index >= 15 is 0 Å². The zero-order valence-corrected chi connectivity index (χ0v) is 11.9.